The van der Waals surface area contributed by atoms with Crippen LogP contribution >= 0.6 is 0 Å². The van der Waals surface area contributed by atoms with Gasteiger partial charge in [0.05, 0.1) is 12.8 Å². The summed E-state index contributed by atoms with van der Waals surface area (Å²) in [5.41, 5.74) is 10.4. The van der Waals surface area contributed by atoms with Gasteiger partial charge in [-0.1, -0.05) is 13.0 Å². The maximum absolute atomic E-state index is 5.58. The lowest BCUT2D eigenvalue weighted by atomic mass is 10.0. The van der Waals surface area contributed by atoms with Gasteiger partial charge in [0.25, 0.3) is 0 Å². The summed E-state index contributed by atoms with van der Waals surface area (Å²) in [7, 11) is 1.73. The second kappa shape index (κ2) is 6.64. The number of anilines is 1. The van der Waals surface area contributed by atoms with Crippen molar-refractivity contribution in [3.8, 4) is 5.75 Å². The molecule has 3 nitrogen and oxygen atoms in total. The number of ether oxygens (including phenoxy) is 1. The number of aryl methyl sites for hydroxylation is 2. The van der Waals surface area contributed by atoms with E-state index in [0.717, 1.165) is 30.9 Å². The van der Waals surface area contributed by atoms with Crippen LogP contribution in [-0.2, 0) is 0 Å². The van der Waals surface area contributed by atoms with E-state index >= 15 is 0 Å². The molecule has 0 aromatic heterocycles. The number of benzene rings is 1. The Labute approximate surface area is 111 Å². The van der Waals surface area contributed by atoms with Gasteiger partial charge in [-0.05, 0) is 56.3 Å². The maximum atomic E-state index is 5.58. The van der Waals surface area contributed by atoms with E-state index in [1.54, 1.807) is 7.11 Å². The zero-order chi connectivity index (χ0) is 13.7. The normalized spacial score (nSPS) is 12.3. The van der Waals surface area contributed by atoms with E-state index in [-0.39, 0.29) is 0 Å². The van der Waals surface area contributed by atoms with Gasteiger partial charge in [-0.15, -0.1) is 0 Å². The fourth-order valence-corrected chi connectivity index (χ4v) is 2.19. The van der Waals surface area contributed by atoms with Gasteiger partial charge in [0, 0.05) is 6.54 Å². The van der Waals surface area contributed by atoms with Gasteiger partial charge in [0.15, 0.2) is 0 Å². The molecular formula is C15H26N2O. The maximum Gasteiger partial charge on any atom is 0.145 e. The Morgan fingerprint density at radius 3 is 2.50 bits per heavy atom. The smallest absolute Gasteiger partial charge is 0.145 e. The van der Waals surface area contributed by atoms with Crippen molar-refractivity contribution in [1.29, 1.82) is 0 Å². The van der Waals surface area contributed by atoms with Crippen molar-refractivity contribution in [3.05, 3.63) is 22.8 Å². The van der Waals surface area contributed by atoms with Gasteiger partial charge >= 0.3 is 0 Å². The number of hydrogen-bond acceptors (Lipinski definition) is 3. The molecule has 0 aliphatic heterocycles. The Morgan fingerprint density at radius 1 is 1.28 bits per heavy atom. The summed E-state index contributed by atoms with van der Waals surface area (Å²) in [6, 6.07) is 2.20. The highest BCUT2D eigenvalue weighted by atomic mass is 16.5. The second-order valence-electron chi connectivity index (χ2n) is 5.11. The van der Waals surface area contributed by atoms with Crippen LogP contribution in [0.15, 0.2) is 6.07 Å². The summed E-state index contributed by atoms with van der Waals surface area (Å²) in [5.74, 6) is 1.54. The molecular weight excluding hydrogens is 224 g/mol. The number of methoxy groups -OCH3 is 1. The highest BCUT2D eigenvalue weighted by Gasteiger charge is 2.12. The van der Waals surface area contributed by atoms with Gasteiger partial charge in [-0.25, -0.2) is 0 Å². The molecule has 0 radical (unpaired) electrons. The molecule has 3 N–H and O–H groups in total. The number of nitrogens with one attached hydrogen (secondary N) is 1. The summed E-state index contributed by atoms with van der Waals surface area (Å²) < 4.78 is 5.54. The summed E-state index contributed by atoms with van der Waals surface area (Å²) in [6.07, 6.45) is 1.04. The molecule has 0 fully saturated rings. The summed E-state index contributed by atoms with van der Waals surface area (Å²) in [4.78, 5) is 0. The average molecular weight is 250 g/mol. The lowest BCUT2D eigenvalue weighted by molar-refractivity contribution is 0.412. The highest BCUT2D eigenvalue weighted by molar-refractivity contribution is 5.66. The predicted octanol–water partition coefficient (Wildman–Crippen LogP) is 3.02. The van der Waals surface area contributed by atoms with Crippen molar-refractivity contribution in [2.24, 2.45) is 11.7 Å². The molecule has 0 spiro atoms. The van der Waals surface area contributed by atoms with Gasteiger partial charge in [-0.3, -0.25) is 0 Å². The van der Waals surface area contributed by atoms with Crippen LogP contribution in [0.4, 0.5) is 5.69 Å². The molecule has 0 aliphatic rings. The van der Waals surface area contributed by atoms with E-state index in [0.29, 0.717) is 5.92 Å². The van der Waals surface area contributed by atoms with E-state index < -0.39 is 0 Å². The first kappa shape index (κ1) is 14.8. The Morgan fingerprint density at radius 2 is 1.94 bits per heavy atom. The van der Waals surface area contributed by atoms with Crippen molar-refractivity contribution in [2.75, 3.05) is 25.5 Å². The van der Waals surface area contributed by atoms with Crippen LogP contribution in [0.5, 0.6) is 5.75 Å². The Balaban J connectivity index is 2.91. The first-order chi connectivity index (χ1) is 8.51. The van der Waals surface area contributed by atoms with Gasteiger partial charge in [0.1, 0.15) is 5.75 Å². The Kier molecular flexibility index (Phi) is 5.48. The van der Waals surface area contributed by atoms with E-state index in [9.17, 15) is 0 Å². The first-order valence-corrected chi connectivity index (χ1v) is 6.60. The number of rotatable bonds is 6. The molecule has 1 unspecified atom stereocenters. The van der Waals surface area contributed by atoms with Crippen LogP contribution in [0.25, 0.3) is 0 Å². The minimum Gasteiger partial charge on any atom is -0.494 e. The van der Waals surface area contributed by atoms with Crippen molar-refractivity contribution in [2.45, 2.75) is 34.1 Å². The predicted molar refractivity (Wildman–Crippen MR) is 78.5 cm³/mol. The van der Waals surface area contributed by atoms with E-state index in [1.165, 1.54) is 16.7 Å². The summed E-state index contributed by atoms with van der Waals surface area (Å²) >= 11 is 0. The average Bonchev–Trinajstić information content (AvgIpc) is 2.32. The molecule has 1 aromatic rings. The number of hydrogen-bond donors (Lipinski definition) is 2. The molecule has 1 aromatic carbocycles. The van der Waals surface area contributed by atoms with Crippen LogP contribution in [0, 0.1) is 26.7 Å². The van der Waals surface area contributed by atoms with Crippen LogP contribution in [0.3, 0.4) is 0 Å². The largest absolute Gasteiger partial charge is 0.494 e. The Hall–Kier alpha value is -1.22. The van der Waals surface area contributed by atoms with Gasteiger partial charge in [0.2, 0.25) is 0 Å². The highest BCUT2D eigenvalue weighted by Crippen LogP contribution is 2.34. The third-order valence-corrected chi connectivity index (χ3v) is 3.48. The molecule has 0 bridgehead atoms. The van der Waals surface area contributed by atoms with Crippen LogP contribution in [0.1, 0.15) is 30.0 Å². The molecule has 3 heteroatoms. The van der Waals surface area contributed by atoms with Crippen LogP contribution in [0.2, 0.25) is 0 Å². The van der Waals surface area contributed by atoms with Gasteiger partial charge < -0.3 is 15.8 Å². The zero-order valence-electron chi connectivity index (χ0n) is 12.3. The fraction of sp³-hybridized carbons (Fsp3) is 0.600. The molecule has 18 heavy (non-hydrogen) atoms. The molecule has 0 heterocycles. The lowest BCUT2D eigenvalue weighted by Gasteiger charge is -2.20. The van der Waals surface area contributed by atoms with E-state index in [1.807, 2.05) is 0 Å². The lowest BCUT2D eigenvalue weighted by Crippen LogP contribution is -2.16. The van der Waals surface area contributed by atoms with Crippen molar-refractivity contribution in [3.63, 3.8) is 0 Å². The molecule has 1 rings (SSSR count). The quantitative estimate of drug-likeness (QED) is 0.816. The molecule has 0 saturated carbocycles. The summed E-state index contributed by atoms with van der Waals surface area (Å²) in [6.45, 7) is 10.2. The third-order valence-electron chi connectivity index (χ3n) is 3.48. The summed E-state index contributed by atoms with van der Waals surface area (Å²) in [5, 5.41) is 3.50. The van der Waals surface area contributed by atoms with E-state index in [4.69, 9.17) is 10.5 Å². The zero-order valence-corrected chi connectivity index (χ0v) is 12.3. The Bertz CT molecular complexity index is 402. The third kappa shape index (κ3) is 3.39. The van der Waals surface area contributed by atoms with Crippen molar-refractivity contribution in [1.82, 2.24) is 0 Å². The minimum absolute atomic E-state index is 0.570. The molecule has 0 saturated heterocycles. The minimum atomic E-state index is 0.570. The molecule has 0 amide bonds. The topological polar surface area (TPSA) is 47.3 Å². The van der Waals surface area contributed by atoms with E-state index in [2.05, 4.69) is 39.1 Å². The molecule has 1 atom stereocenters. The number of nitrogens with two attached hydrogens (primary N) is 1. The fourth-order valence-electron chi connectivity index (χ4n) is 2.19. The van der Waals surface area contributed by atoms with Gasteiger partial charge in [-0.2, -0.15) is 0 Å². The van der Waals surface area contributed by atoms with Crippen molar-refractivity contribution >= 4 is 5.69 Å². The standard InChI is InChI=1S/C15H26N2O/c1-10(6-7-16)9-17-14-12(3)8-11(2)13(4)15(14)18-5/h8,10,17H,6-7,9,16H2,1-5H3. The molecule has 102 valence electrons. The first-order valence-electron chi connectivity index (χ1n) is 6.60. The SMILES string of the molecule is COc1c(C)c(C)cc(C)c1NCC(C)CCN. The van der Waals surface area contributed by atoms with Crippen LogP contribution in [-0.4, -0.2) is 20.2 Å². The van der Waals surface area contributed by atoms with Crippen LogP contribution < -0.4 is 15.8 Å². The second-order valence-corrected chi connectivity index (χ2v) is 5.11. The monoisotopic (exact) mass is 250 g/mol. The molecule has 0 aliphatic carbocycles. The van der Waals surface area contributed by atoms with Crippen molar-refractivity contribution < 1.29 is 4.74 Å².